The van der Waals surface area contributed by atoms with E-state index in [2.05, 4.69) is 16.6 Å². The fourth-order valence-electron chi connectivity index (χ4n) is 2.03. The Hall–Kier alpha value is -1.84. The van der Waals surface area contributed by atoms with Crippen molar-refractivity contribution in [3.05, 3.63) is 68.7 Å². The Morgan fingerprint density at radius 1 is 1.14 bits per heavy atom. The highest BCUT2D eigenvalue weighted by Crippen LogP contribution is 2.21. The lowest BCUT2D eigenvalue weighted by atomic mass is 10.0. The van der Waals surface area contributed by atoms with E-state index >= 15 is 0 Å². The van der Waals surface area contributed by atoms with Crippen LogP contribution in [0, 0.1) is 13.8 Å². The van der Waals surface area contributed by atoms with E-state index in [4.69, 9.17) is 23.2 Å². The Kier molecular flexibility index (Phi) is 5.58. The number of hydrazone groups is 1. The van der Waals surface area contributed by atoms with Crippen LogP contribution in [0.5, 0.6) is 0 Å². The second-order valence-electron chi connectivity index (χ2n) is 5.07. The highest BCUT2D eigenvalue weighted by Gasteiger charge is 2.05. The molecule has 0 radical (unpaired) electrons. The molecule has 0 saturated heterocycles. The molecule has 2 rings (SSSR count). The Labute approximate surface area is 139 Å². The number of nitrogens with one attached hydrogen (secondary N) is 1. The summed E-state index contributed by atoms with van der Waals surface area (Å²) in [4.78, 5) is 11.9. The number of amides is 1. The molecule has 1 amide bonds. The molecule has 1 N–H and O–H groups in total. The summed E-state index contributed by atoms with van der Waals surface area (Å²) in [5.74, 6) is -0.164. The molecule has 0 heterocycles. The van der Waals surface area contributed by atoms with E-state index in [9.17, 15) is 4.79 Å². The Morgan fingerprint density at radius 3 is 2.59 bits per heavy atom. The molecule has 0 atom stereocenters. The zero-order valence-electron chi connectivity index (χ0n) is 12.4. The zero-order chi connectivity index (χ0) is 16.1. The summed E-state index contributed by atoms with van der Waals surface area (Å²) in [6.45, 7) is 4.02. The highest BCUT2D eigenvalue weighted by atomic mass is 35.5. The van der Waals surface area contributed by atoms with E-state index in [0.717, 1.165) is 16.7 Å². The zero-order valence-corrected chi connectivity index (χ0v) is 13.9. The summed E-state index contributed by atoms with van der Waals surface area (Å²) in [6.07, 6.45) is 1.83. The molecule has 114 valence electrons. The SMILES string of the molecule is Cc1ccc(CC(=O)N/N=C\c2ccc(Cl)c(Cl)c2)c(C)c1. The van der Waals surface area contributed by atoms with Gasteiger partial charge in [0.25, 0.3) is 0 Å². The summed E-state index contributed by atoms with van der Waals surface area (Å²) in [5, 5.41) is 4.86. The minimum atomic E-state index is -0.164. The molecular weight excluding hydrogens is 319 g/mol. The number of hydrogen-bond acceptors (Lipinski definition) is 2. The van der Waals surface area contributed by atoms with Crippen molar-refractivity contribution in [2.75, 3.05) is 0 Å². The number of carbonyl (C=O) groups excluding carboxylic acids is 1. The maximum atomic E-state index is 11.9. The third-order valence-corrected chi connectivity index (χ3v) is 3.93. The van der Waals surface area contributed by atoms with Gasteiger partial charge in [0.05, 0.1) is 22.7 Å². The lowest BCUT2D eigenvalue weighted by Gasteiger charge is -2.05. The molecule has 0 aromatic heterocycles. The van der Waals surface area contributed by atoms with Crippen LogP contribution < -0.4 is 5.43 Å². The van der Waals surface area contributed by atoms with Gasteiger partial charge in [0.2, 0.25) is 5.91 Å². The largest absolute Gasteiger partial charge is 0.273 e. The number of aryl methyl sites for hydroxylation is 2. The molecule has 0 aliphatic heterocycles. The summed E-state index contributed by atoms with van der Waals surface area (Å²) >= 11 is 11.7. The molecule has 0 fully saturated rings. The number of hydrogen-bond donors (Lipinski definition) is 1. The molecule has 2 aromatic rings. The highest BCUT2D eigenvalue weighted by molar-refractivity contribution is 6.42. The Morgan fingerprint density at radius 2 is 1.91 bits per heavy atom. The Balaban J connectivity index is 1.94. The van der Waals surface area contributed by atoms with Gasteiger partial charge in [-0.15, -0.1) is 0 Å². The number of carbonyl (C=O) groups is 1. The topological polar surface area (TPSA) is 41.5 Å². The van der Waals surface area contributed by atoms with Crippen molar-refractivity contribution >= 4 is 35.3 Å². The monoisotopic (exact) mass is 334 g/mol. The third kappa shape index (κ3) is 4.58. The molecule has 2 aromatic carbocycles. The first-order valence-corrected chi connectivity index (χ1v) is 7.54. The first-order valence-electron chi connectivity index (χ1n) is 6.79. The molecule has 22 heavy (non-hydrogen) atoms. The van der Waals surface area contributed by atoms with Crippen LogP contribution in [0.15, 0.2) is 41.5 Å². The van der Waals surface area contributed by atoms with Crippen molar-refractivity contribution in [1.82, 2.24) is 5.43 Å². The maximum Gasteiger partial charge on any atom is 0.244 e. The van der Waals surface area contributed by atoms with E-state index in [1.807, 2.05) is 26.0 Å². The van der Waals surface area contributed by atoms with Gasteiger partial charge in [-0.3, -0.25) is 4.79 Å². The predicted molar refractivity (Wildman–Crippen MR) is 91.8 cm³/mol. The number of benzene rings is 2. The van der Waals surface area contributed by atoms with Gasteiger partial charge in [-0.05, 0) is 42.7 Å². The molecular formula is C17H16Cl2N2O. The molecule has 0 spiro atoms. The van der Waals surface area contributed by atoms with Crippen molar-refractivity contribution in [1.29, 1.82) is 0 Å². The summed E-state index contributed by atoms with van der Waals surface area (Å²) < 4.78 is 0. The summed E-state index contributed by atoms with van der Waals surface area (Å²) in [7, 11) is 0. The summed E-state index contributed by atoms with van der Waals surface area (Å²) in [5.41, 5.74) is 6.55. The average molecular weight is 335 g/mol. The van der Waals surface area contributed by atoms with Gasteiger partial charge >= 0.3 is 0 Å². The van der Waals surface area contributed by atoms with Crippen molar-refractivity contribution in [3.8, 4) is 0 Å². The van der Waals surface area contributed by atoms with Crippen LogP contribution in [0.25, 0.3) is 0 Å². The van der Waals surface area contributed by atoms with Crippen molar-refractivity contribution < 1.29 is 4.79 Å². The van der Waals surface area contributed by atoms with Crippen LogP contribution in [0.1, 0.15) is 22.3 Å². The Bertz CT molecular complexity index is 727. The fraction of sp³-hybridized carbons (Fsp3) is 0.176. The van der Waals surface area contributed by atoms with E-state index < -0.39 is 0 Å². The van der Waals surface area contributed by atoms with Gasteiger partial charge in [0.1, 0.15) is 0 Å². The van der Waals surface area contributed by atoms with Crippen LogP contribution in [0.4, 0.5) is 0 Å². The third-order valence-electron chi connectivity index (χ3n) is 3.20. The van der Waals surface area contributed by atoms with Crippen LogP contribution in [-0.2, 0) is 11.2 Å². The fourth-order valence-corrected chi connectivity index (χ4v) is 2.33. The smallest absolute Gasteiger partial charge is 0.244 e. The molecule has 3 nitrogen and oxygen atoms in total. The number of halogens is 2. The van der Waals surface area contributed by atoms with Gasteiger partial charge in [-0.25, -0.2) is 5.43 Å². The van der Waals surface area contributed by atoms with E-state index in [-0.39, 0.29) is 5.91 Å². The van der Waals surface area contributed by atoms with Gasteiger partial charge < -0.3 is 0 Å². The van der Waals surface area contributed by atoms with Crippen LogP contribution in [0.3, 0.4) is 0 Å². The van der Waals surface area contributed by atoms with Gasteiger partial charge in [0.15, 0.2) is 0 Å². The van der Waals surface area contributed by atoms with Gasteiger partial charge in [-0.1, -0.05) is 53.0 Å². The second kappa shape index (κ2) is 7.43. The molecule has 0 aliphatic carbocycles. The first kappa shape index (κ1) is 16.5. The molecule has 0 aliphatic rings. The van der Waals surface area contributed by atoms with E-state index in [0.29, 0.717) is 16.5 Å². The number of rotatable bonds is 4. The lowest BCUT2D eigenvalue weighted by molar-refractivity contribution is -0.120. The van der Waals surface area contributed by atoms with Crippen molar-refractivity contribution in [3.63, 3.8) is 0 Å². The van der Waals surface area contributed by atoms with Gasteiger partial charge in [-0.2, -0.15) is 5.10 Å². The summed E-state index contributed by atoms with van der Waals surface area (Å²) in [6, 6.07) is 11.2. The maximum absolute atomic E-state index is 11.9. The minimum Gasteiger partial charge on any atom is -0.273 e. The van der Waals surface area contributed by atoms with Crippen LogP contribution in [0.2, 0.25) is 10.0 Å². The molecule has 0 saturated carbocycles. The second-order valence-corrected chi connectivity index (χ2v) is 5.89. The first-order chi connectivity index (χ1) is 10.5. The number of nitrogens with zero attached hydrogens (tertiary/aromatic N) is 1. The minimum absolute atomic E-state index is 0.164. The van der Waals surface area contributed by atoms with Crippen LogP contribution in [-0.4, -0.2) is 12.1 Å². The van der Waals surface area contributed by atoms with Crippen molar-refractivity contribution in [2.24, 2.45) is 5.10 Å². The van der Waals surface area contributed by atoms with E-state index in [1.165, 1.54) is 11.8 Å². The van der Waals surface area contributed by atoms with Gasteiger partial charge in [0, 0.05) is 0 Å². The van der Waals surface area contributed by atoms with Crippen molar-refractivity contribution in [2.45, 2.75) is 20.3 Å². The predicted octanol–water partition coefficient (Wildman–Crippen LogP) is 4.30. The van der Waals surface area contributed by atoms with E-state index in [1.54, 1.807) is 18.2 Å². The normalized spacial score (nSPS) is 10.9. The quantitative estimate of drug-likeness (QED) is 0.657. The standard InChI is InChI=1S/C17H16Cl2N2O/c1-11-3-5-14(12(2)7-11)9-17(22)21-20-10-13-4-6-15(18)16(19)8-13/h3-8,10H,9H2,1-2H3,(H,21,22)/b20-10-. The average Bonchev–Trinajstić information content (AvgIpc) is 2.46. The molecule has 0 bridgehead atoms. The molecule has 5 heteroatoms. The van der Waals surface area contributed by atoms with Crippen LogP contribution >= 0.6 is 23.2 Å². The molecule has 0 unspecified atom stereocenters. The lowest BCUT2D eigenvalue weighted by Crippen LogP contribution is -2.20.